The highest BCUT2D eigenvalue weighted by Crippen LogP contribution is 2.37. The molecule has 0 saturated heterocycles. The SMILES string of the molecule is COc1ccccc1CN(Cc1cc2cc3c(cc2[nH]c1=O)OCCO3)C(c1nnnn1C1CCCCC1)C(C)C. The minimum absolute atomic E-state index is 0.131. The molecule has 6 rings (SSSR count). The summed E-state index contributed by atoms with van der Waals surface area (Å²) in [6.07, 6.45) is 5.79. The molecular formula is C31H38N6O4. The number of nitrogens with one attached hydrogen (secondary N) is 1. The number of fused-ring (bicyclic) bond motifs is 2. The van der Waals surface area contributed by atoms with Gasteiger partial charge in [-0.25, -0.2) is 4.68 Å². The van der Waals surface area contributed by atoms with Gasteiger partial charge in [0.2, 0.25) is 0 Å². The number of aromatic nitrogens is 5. The highest BCUT2D eigenvalue weighted by atomic mass is 16.6. The highest BCUT2D eigenvalue weighted by molar-refractivity contribution is 5.83. The number of tetrazole rings is 1. The van der Waals surface area contributed by atoms with E-state index in [0.29, 0.717) is 49.4 Å². The van der Waals surface area contributed by atoms with Crippen LogP contribution >= 0.6 is 0 Å². The first kappa shape index (κ1) is 27.3. The molecule has 1 atom stereocenters. The predicted octanol–water partition coefficient (Wildman–Crippen LogP) is 5.20. The Labute approximate surface area is 239 Å². The zero-order valence-electron chi connectivity index (χ0n) is 24.0. The van der Waals surface area contributed by atoms with Crippen molar-refractivity contribution >= 4 is 10.9 Å². The number of ether oxygens (including phenoxy) is 3. The molecule has 10 heteroatoms. The van der Waals surface area contributed by atoms with Gasteiger partial charge < -0.3 is 19.2 Å². The Hall–Kier alpha value is -3.92. The first-order chi connectivity index (χ1) is 20.0. The number of pyridine rings is 1. The largest absolute Gasteiger partial charge is 0.496 e. The number of para-hydroxylation sites is 1. The summed E-state index contributed by atoms with van der Waals surface area (Å²) in [5.74, 6) is 3.18. The van der Waals surface area contributed by atoms with Crippen LogP contribution in [0.15, 0.2) is 47.3 Å². The fraction of sp³-hybridized carbons (Fsp3) is 0.484. The molecule has 10 nitrogen and oxygen atoms in total. The van der Waals surface area contributed by atoms with Gasteiger partial charge in [0.15, 0.2) is 17.3 Å². The van der Waals surface area contributed by atoms with Gasteiger partial charge in [-0.1, -0.05) is 51.3 Å². The van der Waals surface area contributed by atoms with Gasteiger partial charge in [-0.05, 0) is 47.4 Å². The number of methoxy groups -OCH3 is 1. The van der Waals surface area contributed by atoms with Crippen molar-refractivity contribution in [3.05, 3.63) is 69.8 Å². The van der Waals surface area contributed by atoms with Gasteiger partial charge in [-0.3, -0.25) is 9.69 Å². The van der Waals surface area contributed by atoms with E-state index in [1.807, 2.05) is 41.1 Å². The molecule has 1 aliphatic heterocycles. The van der Waals surface area contributed by atoms with Crippen LogP contribution in [0.25, 0.3) is 10.9 Å². The van der Waals surface area contributed by atoms with E-state index in [0.717, 1.165) is 40.9 Å². The summed E-state index contributed by atoms with van der Waals surface area (Å²) in [6, 6.07) is 13.9. The van der Waals surface area contributed by atoms with Crippen molar-refractivity contribution < 1.29 is 14.2 Å². The zero-order chi connectivity index (χ0) is 28.3. The summed E-state index contributed by atoms with van der Waals surface area (Å²) >= 11 is 0. The van der Waals surface area contributed by atoms with Crippen molar-refractivity contribution in [3.63, 3.8) is 0 Å². The lowest BCUT2D eigenvalue weighted by Crippen LogP contribution is -2.36. The van der Waals surface area contributed by atoms with E-state index in [4.69, 9.17) is 14.2 Å². The van der Waals surface area contributed by atoms with Gasteiger partial charge in [0.25, 0.3) is 5.56 Å². The van der Waals surface area contributed by atoms with E-state index in [1.54, 1.807) is 7.11 Å². The van der Waals surface area contributed by atoms with E-state index in [1.165, 1.54) is 19.3 Å². The van der Waals surface area contributed by atoms with Crippen LogP contribution in [0.3, 0.4) is 0 Å². The van der Waals surface area contributed by atoms with Crippen molar-refractivity contribution in [1.82, 2.24) is 30.1 Å². The summed E-state index contributed by atoms with van der Waals surface area (Å²) in [7, 11) is 1.69. The maximum absolute atomic E-state index is 13.5. The van der Waals surface area contributed by atoms with E-state index < -0.39 is 0 Å². The topological polar surface area (TPSA) is 107 Å². The van der Waals surface area contributed by atoms with Crippen molar-refractivity contribution in [2.75, 3.05) is 20.3 Å². The second-order valence-corrected chi connectivity index (χ2v) is 11.4. The Morgan fingerprint density at radius 1 is 1.02 bits per heavy atom. The summed E-state index contributed by atoms with van der Waals surface area (Å²) < 4.78 is 19.3. The molecule has 2 aliphatic rings. The normalized spacial score (nSPS) is 16.4. The van der Waals surface area contributed by atoms with Gasteiger partial charge in [-0.2, -0.15) is 0 Å². The number of aromatic amines is 1. The Kier molecular flexibility index (Phi) is 7.91. The van der Waals surface area contributed by atoms with E-state index in [2.05, 4.69) is 45.3 Å². The van der Waals surface area contributed by atoms with E-state index in [9.17, 15) is 4.79 Å². The molecule has 3 heterocycles. The van der Waals surface area contributed by atoms with E-state index >= 15 is 0 Å². The molecular weight excluding hydrogens is 520 g/mol. The van der Waals surface area contributed by atoms with Crippen molar-refractivity contribution in [2.24, 2.45) is 5.92 Å². The van der Waals surface area contributed by atoms with Crippen LogP contribution in [-0.2, 0) is 13.1 Å². The fourth-order valence-electron chi connectivity index (χ4n) is 6.29. The maximum atomic E-state index is 13.5. The van der Waals surface area contributed by atoms with Crippen LogP contribution < -0.4 is 19.8 Å². The van der Waals surface area contributed by atoms with Crippen LogP contribution in [0.1, 0.15) is 75.0 Å². The molecule has 0 bridgehead atoms. The van der Waals surface area contributed by atoms with Gasteiger partial charge in [-0.15, -0.1) is 5.10 Å². The van der Waals surface area contributed by atoms with Gasteiger partial charge in [0.05, 0.1) is 24.7 Å². The smallest absolute Gasteiger partial charge is 0.252 e. The minimum Gasteiger partial charge on any atom is -0.496 e. The fourth-order valence-corrected chi connectivity index (χ4v) is 6.29. The number of H-pyrrole nitrogens is 1. The summed E-state index contributed by atoms with van der Waals surface area (Å²) in [4.78, 5) is 18.9. The number of benzene rings is 2. The number of nitrogens with zero attached hydrogens (tertiary/aromatic N) is 5. The number of hydrogen-bond donors (Lipinski definition) is 1. The first-order valence-corrected chi connectivity index (χ1v) is 14.6. The Bertz CT molecular complexity index is 1560. The van der Waals surface area contributed by atoms with Gasteiger partial charge >= 0.3 is 0 Å². The Balaban J connectivity index is 1.41. The second kappa shape index (κ2) is 11.9. The van der Waals surface area contributed by atoms with Crippen LogP contribution in [0.4, 0.5) is 0 Å². The number of hydrogen-bond acceptors (Lipinski definition) is 8. The molecule has 1 saturated carbocycles. The zero-order valence-corrected chi connectivity index (χ0v) is 24.0. The van der Waals surface area contributed by atoms with E-state index in [-0.39, 0.29) is 17.5 Å². The molecule has 1 aliphatic carbocycles. The predicted molar refractivity (Wildman–Crippen MR) is 155 cm³/mol. The summed E-state index contributed by atoms with van der Waals surface area (Å²) in [5, 5.41) is 14.1. The van der Waals surface area contributed by atoms with Gasteiger partial charge in [0.1, 0.15) is 19.0 Å². The molecule has 0 radical (unpaired) electrons. The van der Waals surface area contributed by atoms with Crippen molar-refractivity contribution in [1.29, 1.82) is 0 Å². The quantitative estimate of drug-likeness (QED) is 0.299. The highest BCUT2D eigenvalue weighted by Gasteiger charge is 2.33. The minimum atomic E-state index is -0.132. The third-order valence-electron chi connectivity index (χ3n) is 8.25. The van der Waals surface area contributed by atoms with Crippen molar-refractivity contribution in [3.8, 4) is 17.2 Å². The Morgan fingerprint density at radius 3 is 2.51 bits per heavy atom. The molecule has 2 aromatic heterocycles. The summed E-state index contributed by atoms with van der Waals surface area (Å²) in [5.41, 5.74) is 2.29. The van der Waals surface area contributed by atoms with Crippen molar-refractivity contribution in [2.45, 2.75) is 71.1 Å². The lowest BCUT2D eigenvalue weighted by molar-refractivity contribution is 0.120. The third kappa shape index (κ3) is 5.66. The second-order valence-electron chi connectivity index (χ2n) is 11.4. The lowest BCUT2D eigenvalue weighted by Gasteiger charge is -2.35. The molecule has 2 aromatic carbocycles. The van der Waals surface area contributed by atoms with Gasteiger partial charge in [0, 0.05) is 35.7 Å². The Morgan fingerprint density at radius 2 is 1.76 bits per heavy atom. The molecule has 0 spiro atoms. The average molecular weight is 559 g/mol. The monoisotopic (exact) mass is 558 g/mol. The number of rotatable bonds is 9. The maximum Gasteiger partial charge on any atom is 0.252 e. The summed E-state index contributed by atoms with van der Waals surface area (Å²) in [6.45, 7) is 6.34. The first-order valence-electron chi connectivity index (χ1n) is 14.6. The van der Waals surface area contributed by atoms with Crippen LogP contribution in [0.2, 0.25) is 0 Å². The molecule has 4 aromatic rings. The standard InChI is InChI=1S/C31H38N6O4/c1-20(2)29(30-33-34-35-37(30)24-10-5-4-6-11-24)36(18-21-9-7-8-12-26(21)39-3)19-23-15-22-16-27-28(41-14-13-40-27)17-25(22)32-31(23)38/h7-9,12,15-17,20,24,29H,4-6,10-11,13-14,18-19H2,1-3H3,(H,32,38). The lowest BCUT2D eigenvalue weighted by atomic mass is 9.94. The molecule has 1 N–H and O–H groups in total. The molecule has 1 fully saturated rings. The third-order valence-corrected chi connectivity index (χ3v) is 8.25. The average Bonchev–Trinajstić information content (AvgIpc) is 3.46. The molecule has 41 heavy (non-hydrogen) atoms. The van der Waals surface area contributed by atoms with Crippen LogP contribution in [0, 0.1) is 5.92 Å². The van der Waals surface area contributed by atoms with Crippen LogP contribution in [0.5, 0.6) is 17.2 Å². The van der Waals surface area contributed by atoms with Crippen LogP contribution in [-0.4, -0.2) is 50.4 Å². The molecule has 216 valence electrons. The molecule has 1 unspecified atom stereocenters. The molecule has 0 amide bonds.